The van der Waals surface area contributed by atoms with Gasteiger partial charge in [-0.2, -0.15) is 0 Å². The van der Waals surface area contributed by atoms with E-state index in [1.807, 2.05) is 53.9 Å². The van der Waals surface area contributed by atoms with Crippen molar-refractivity contribution in [1.82, 2.24) is 24.0 Å². The topological polar surface area (TPSA) is 65.6 Å². The molecule has 6 nitrogen and oxygen atoms in total. The molecule has 3 aromatic heterocycles. The van der Waals surface area contributed by atoms with Crippen LogP contribution in [0.25, 0.3) is 10.9 Å². The average Bonchev–Trinajstić information content (AvgIpc) is 3.66. The quantitative estimate of drug-likeness (QED) is 0.159. The molecule has 5 rings (SSSR count). The van der Waals surface area contributed by atoms with Crippen molar-refractivity contribution in [2.24, 2.45) is 18.9 Å². The van der Waals surface area contributed by atoms with E-state index in [1.54, 1.807) is 17.1 Å². The van der Waals surface area contributed by atoms with Gasteiger partial charge in [-0.3, -0.25) is 13.6 Å². The Bertz CT molecular complexity index is 1810. The minimum atomic E-state index is -2.25. The van der Waals surface area contributed by atoms with E-state index in [4.69, 9.17) is 0 Å². The van der Waals surface area contributed by atoms with Gasteiger partial charge in [0, 0.05) is 58.6 Å². The zero-order valence-corrected chi connectivity index (χ0v) is 39.4. The van der Waals surface area contributed by atoms with E-state index in [9.17, 15) is 4.21 Å². The summed E-state index contributed by atoms with van der Waals surface area (Å²) in [6.45, 7) is 39.1. The summed E-state index contributed by atoms with van der Waals surface area (Å²) in [6.07, 6.45) is 9.32. The first-order valence-corrected chi connectivity index (χ1v) is 21.7. The highest BCUT2D eigenvalue weighted by Gasteiger charge is 2.21. The maximum atomic E-state index is 12.2. The molecule has 5 aromatic rings. The largest absolute Gasteiger partial charge is 0.274 e. The van der Waals surface area contributed by atoms with E-state index in [0.29, 0.717) is 5.41 Å². The van der Waals surface area contributed by atoms with Crippen molar-refractivity contribution in [3.05, 3.63) is 114 Å². The van der Waals surface area contributed by atoms with E-state index in [1.165, 1.54) is 22.1 Å². The van der Waals surface area contributed by atoms with Gasteiger partial charge >= 0.3 is 0 Å². The first-order valence-electron chi connectivity index (χ1n) is 19.6. The number of hydrogen-bond donors (Lipinski definition) is 0. The van der Waals surface area contributed by atoms with E-state index < -0.39 is 9.71 Å². The summed E-state index contributed by atoms with van der Waals surface area (Å²) in [4.78, 5) is 4.05. The fourth-order valence-corrected chi connectivity index (χ4v) is 5.41. The molecule has 308 valence electrons. The molecule has 7 heteroatoms. The highest BCUT2D eigenvalue weighted by molar-refractivity contribution is 7.98. The van der Waals surface area contributed by atoms with Gasteiger partial charge in [0.1, 0.15) is 0 Å². The van der Waals surface area contributed by atoms with Crippen molar-refractivity contribution in [3.63, 3.8) is 0 Å². The molecular formula is C48H79N5OS. The van der Waals surface area contributed by atoms with Gasteiger partial charge in [0.25, 0.3) is 0 Å². The molecule has 0 aliphatic carbocycles. The lowest BCUT2D eigenvalue weighted by atomic mass is 9.87. The third kappa shape index (κ3) is 21.2. The monoisotopic (exact) mass is 774 g/mol. The van der Waals surface area contributed by atoms with Crippen molar-refractivity contribution < 1.29 is 4.21 Å². The molecule has 0 radical (unpaired) electrons. The first kappa shape index (κ1) is 51.3. The number of aryl methyl sites for hydroxylation is 1. The SMILES string of the molecule is C=S(C)(=O)n1cc(C(C)(C)C)c2ccccc21.CC(C)(C)c1ccccc1.CC(C)(C)c1cccnc1.CC(C)C.CC(C)C.Cn1cc(C(C)(C)C)nn1. The predicted molar refractivity (Wildman–Crippen MR) is 246 cm³/mol. The van der Waals surface area contributed by atoms with Crippen LogP contribution in [0.15, 0.2) is 91.5 Å². The summed E-state index contributed by atoms with van der Waals surface area (Å²) in [7, 11) is -0.375. The van der Waals surface area contributed by atoms with Gasteiger partial charge < -0.3 is 0 Å². The number of para-hydroxylation sites is 1. The molecule has 2 aromatic carbocycles. The Morgan fingerprint density at radius 3 is 1.38 bits per heavy atom. The van der Waals surface area contributed by atoms with Crippen LogP contribution in [0, 0.1) is 11.8 Å². The van der Waals surface area contributed by atoms with Crippen molar-refractivity contribution >= 4 is 26.5 Å². The normalized spacial score (nSPS) is 12.6. The van der Waals surface area contributed by atoms with Crippen LogP contribution in [-0.4, -0.2) is 40.3 Å². The van der Waals surface area contributed by atoms with E-state index in [-0.39, 0.29) is 16.2 Å². The van der Waals surface area contributed by atoms with Crippen LogP contribution in [0.1, 0.15) is 147 Å². The fourth-order valence-electron chi connectivity index (χ4n) is 4.50. The van der Waals surface area contributed by atoms with Crippen LogP contribution in [0.3, 0.4) is 0 Å². The molecular weight excluding hydrogens is 695 g/mol. The molecule has 0 amide bonds. The maximum Gasteiger partial charge on any atom is 0.0880 e. The summed E-state index contributed by atoms with van der Waals surface area (Å²) in [5.41, 5.74) is 6.62. The first-order chi connectivity index (χ1) is 24.9. The Morgan fingerprint density at radius 1 is 0.618 bits per heavy atom. The number of hydrogen-bond acceptors (Lipinski definition) is 4. The molecule has 1 atom stereocenters. The second-order valence-electron chi connectivity index (χ2n) is 19.7. The van der Waals surface area contributed by atoms with E-state index in [0.717, 1.165) is 23.0 Å². The van der Waals surface area contributed by atoms with Crippen LogP contribution >= 0.6 is 0 Å². The van der Waals surface area contributed by atoms with Crippen molar-refractivity contribution in [1.29, 1.82) is 0 Å². The van der Waals surface area contributed by atoms with Crippen molar-refractivity contribution in [2.75, 3.05) is 6.26 Å². The molecule has 55 heavy (non-hydrogen) atoms. The number of benzene rings is 2. The second-order valence-corrected chi connectivity index (χ2v) is 22.0. The number of nitrogens with zero attached hydrogens (tertiary/aromatic N) is 5. The lowest BCUT2D eigenvalue weighted by molar-refractivity contribution is 0.566. The summed E-state index contributed by atoms with van der Waals surface area (Å²) in [5, 5.41) is 9.01. The molecule has 0 aliphatic heterocycles. The number of pyridine rings is 1. The Hall–Kier alpha value is -3.71. The number of rotatable bonds is 1. The lowest BCUT2D eigenvalue weighted by Gasteiger charge is -2.18. The lowest BCUT2D eigenvalue weighted by Crippen LogP contribution is -2.11. The molecule has 1 unspecified atom stereocenters. The highest BCUT2D eigenvalue weighted by atomic mass is 32.2. The zero-order chi connectivity index (χ0) is 43.0. The molecule has 0 saturated carbocycles. The van der Waals surface area contributed by atoms with Crippen LogP contribution in [-0.2, 0) is 38.4 Å². The Morgan fingerprint density at radius 2 is 1.07 bits per heavy atom. The van der Waals surface area contributed by atoms with Crippen LogP contribution in [0.5, 0.6) is 0 Å². The third-order valence-corrected chi connectivity index (χ3v) is 8.57. The van der Waals surface area contributed by atoms with Crippen LogP contribution in [0.4, 0.5) is 0 Å². The molecule has 0 saturated heterocycles. The van der Waals surface area contributed by atoms with Crippen LogP contribution < -0.4 is 0 Å². The summed E-state index contributed by atoms with van der Waals surface area (Å²) < 4.78 is 15.7. The standard InChI is InChI=1S/C14H19NOS.C10H14.C9H13N.C7H13N3.2C4H10/c1-14(2,3)12-10-15(17(4,5)16)13-9-7-6-8-11(12)13;1-10(2,3)9-7-5-4-6-8-9;1-9(2,3)8-5-4-6-10-7-8;1-7(2,3)6-5-10(4)9-8-6;2*1-4(2)3/h6-10H,4H2,1-3,5H3;4-8H,1-3H3;4-7H,1-3H3;5H,1-4H3;2*4H,1-3H3. The molecule has 0 fully saturated rings. The molecule has 3 heterocycles. The van der Waals surface area contributed by atoms with Crippen molar-refractivity contribution in [3.8, 4) is 0 Å². The minimum absolute atomic E-state index is 0.0372. The third-order valence-electron chi connectivity index (χ3n) is 7.44. The maximum absolute atomic E-state index is 12.2. The van der Waals surface area contributed by atoms with Gasteiger partial charge in [-0.05, 0) is 62.8 Å². The average molecular weight is 774 g/mol. The van der Waals surface area contributed by atoms with Crippen molar-refractivity contribution in [2.45, 2.75) is 146 Å². The minimum Gasteiger partial charge on any atom is -0.274 e. The van der Waals surface area contributed by atoms with Gasteiger partial charge in [-0.1, -0.05) is 184 Å². The van der Waals surface area contributed by atoms with E-state index in [2.05, 4.69) is 188 Å². The second kappa shape index (κ2) is 22.1. The Kier molecular flexibility index (Phi) is 20.6. The van der Waals surface area contributed by atoms with Gasteiger partial charge in [-0.15, -0.1) is 5.10 Å². The predicted octanol–water partition coefficient (Wildman–Crippen LogP) is 12.8. The smallest absolute Gasteiger partial charge is 0.0880 e. The molecule has 0 bridgehead atoms. The van der Waals surface area contributed by atoms with E-state index >= 15 is 0 Å². The number of aromatic nitrogens is 5. The van der Waals surface area contributed by atoms with Gasteiger partial charge in [0.15, 0.2) is 0 Å². The summed E-state index contributed by atoms with van der Waals surface area (Å²) in [5.74, 6) is 5.44. The molecule has 0 aliphatic rings. The molecule has 0 N–H and O–H groups in total. The van der Waals surface area contributed by atoms with Gasteiger partial charge in [0.2, 0.25) is 0 Å². The Balaban J connectivity index is 0.000000679. The summed E-state index contributed by atoms with van der Waals surface area (Å²) >= 11 is 0. The zero-order valence-electron chi connectivity index (χ0n) is 38.6. The van der Waals surface area contributed by atoms with Crippen LogP contribution in [0.2, 0.25) is 0 Å². The summed E-state index contributed by atoms with van der Waals surface area (Å²) in [6, 6.07) is 22.7. The Labute approximate surface area is 338 Å². The highest BCUT2D eigenvalue weighted by Crippen LogP contribution is 2.32. The van der Waals surface area contributed by atoms with Gasteiger partial charge in [-0.25, -0.2) is 4.21 Å². The van der Waals surface area contributed by atoms with Gasteiger partial charge in [0.05, 0.1) is 11.2 Å². The number of fused-ring (bicyclic) bond motifs is 1. The fraction of sp³-hybridized carbons (Fsp3) is 0.542. The molecule has 0 spiro atoms.